The molecule has 0 aliphatic rings. The molecule has 1 aromatic heterocycles. The van der Waals surface area contributed by atoms with Gasteiger partial charge in [0.05, 0.1) is 0 Å². The number of nitrogens with one attached hydrogen (secondary N) is 1. The molecule has 0 amide bonds. The Hall–Kier alpha value is -2.28. The van der Waals surface area contributed by atoms with Gasteiger partial charge < -0.3 is 9.88 Å². The van der Waals surface area contributed by atoms with E-state index < -0.39 is 0 Å². The third-order valence-electron chi connectivity index (χ3n) is 3.42. The summed E-state index contributed by atoms with van der Waals surface area (Å²) in [5.41, 5.74) is 4.49. The number of hydrogen-bond donors (Lipinski definition) is 1. The summed E-state index contributed by atoms with van der Waals surface area (Å²) < 4.78 is 15.0. The number of nitrogens with zero attached hydrogens (tertiary/aromatic N) is 2. The van der Waals surface area contributed by atoms with Crippen LogP contribution in [0, 0.1) is 31.0 Å². The number of halogens is 1. The smallest absolute Gasteiger partial charge is 0.125 e. The lowest BCUT2D eigenvalue weighted by atomic mass is 10.2. The molecule has 0 atom stereocenters. The van der Waals surface area contributed by atoms with Crippen molar-refractivity contribution in [1.82, 2.24) is 4.57 Å². The van der Waals surface area contributed by atoms with E-state index in [0.29, 0.717) is 12.2 Å². The van der Waals surface area contributed by atoms with E-state index in [0.717, 1.165) is 22.5 Å². The molecule has 0 spiro atoms. The average molecular weight is 257 g/mol. The first-order chi connectivity index (χ1) is 9.02. The molecule has 0 aliphatic carbocycles. The third-order valence-corrected chi connectivity index (χ3v) is 3.42. The lowest BCUT2D eigenvalue weighted by molar-refractivity contribution is 0.628. The summed E-state index contributed by atoms with van der Waals surface area (Å²) in [7, 11) is 1.87. The number of nitriles is 1. The summed E-state index contributed by atoms with van der Waals surface area (Å²) in [4.78, 5) is 0. The minimum absolute atomic E-state index is 0.254. The molecule has 1 N–H and O–H groups in total. The molecule has 98 valence electrons. The Balaban J connectivity index is 2.19. The second-order valence-corrected chi connectivity index (χ2v) is 4.62. The highest BCUT2D eigenvalue weighted by Crippen LogP contribution is 2.19. The van der Waals surface area contributed by atoms with Crippen LogP contribution in [0.4, 0.5) is 10.1 Å². The van der Waals surface area contributed by atoms with Crippen molar-refractivity contribution in [1.29, 1.82) is 5.26 Å². The Morgan fingerprint density at radius 3 is 2.68 bits per heavy atom. The highest BCUT2D eigenvalue weighted by atomic mass is 19.1. The molecule has 0 bridgehead atoms. The molecule has 2 rings (SSSR count). The lowest BCUT2D eigenvalue weighted by Crippen LogP contribution is -2.03. The fourth-order valence-electron chi connectivity index (χ4n) is 2.02. The third kappa shape index (κ3) is 2.60. The summed E-state index contributed by atoms with van der Waals surface area (Å²) in [6.07, 6.45) is 0. The number of aryl methyl sites for hydroxylation is 1. The van der Waals surface area contributed by atoms with E-state index in [1.54, 1.807) is 6.07 Å². The minimum Gasteiger partial charge on any atom is -0.381 e. The summed E-state index contributed by atoms with van der Waals surface area (Å²) in [5.74, 6) is -0.254. The van der Waals surface area contributed by atoms with Crippen LogP contribution in [0.3, 0.4) is 0 Å². The number of aromatic nitrogens is 1. The second kappa shape index (κ2) is 5.15. The van der Waals surface area contributed by atoms with Crippen LogP contribution in [0.15, 0.2) is 24.3 Å². The van der Waals surface area contributed by atoms with Gasteiger partial charge in [0.25, 0.3) is 0 Å². The maximum Gasteiger partial charge on any atom is 0.125 e. The van der Waals surface area contributed by atoms with E-state index in [4.69, 9.17) is 5.26 Å². The zero-order valence-electron chi connectivity index (χ0n) is 11.3. The van der Waals surface area contributed by atoms with Gasteiger partial charge in [-0.2, -0.15) is 5.26 Å². The Labute approximate surface area is 112 Å². The lowest BCUT2D eigenvalue weighted by Gasteiger charge is -2.09. The van der Waals surface area contributed by atoms with Gasteiger partial charge in [-0.25, -0.2) is 4.39 Å². The molecule has 0 saturated heterocycles. The van der Waals surface area contributed by atoms with Gasteiger partial charge in [-0.15, -0.1) is 0 Å². The molecule has 0 aliphatic heterocycles. The van der Waals surface area contributed by atoms with Crippen LogP contribution in [-0.2, 0) is 13.6 Å². The van der Waals surface area contributed by atoms with Crippen LogP contribution >= 0.6 is 0 Å². The molecule has 0 saturated carbocycles. The average Bonchev–Trinajstić information content (AvgIpc) is 2.67. The van der Waals surface area contributed by atoms with Crippen molar-refractivity contribution in [3.63, 3.8) is 0 Å². The van der Waals surface area contributed by atoms with Gasteiger partial charge in [0.2, 0.25) is 0 Å². The van der Waals surface area contributed by atoms with Crippen molar-refractivity contribution in [2.24, 2.45) is 7.05 Å². The van der Waals surface area contributed by atoms with Crippen LogP contribution in [0.2, 0.25) is 0 Å². The van der Waals surface area contributed by atoms with E-state index in [2.05, 4.69) is 11.4 Å². The van der Waals surface area contributed by atoms with Crippen molar-refractivity contribution in [2.45, 2.75) is 20.4 Å². The largest absolute Gasteiger partial charge is 0.381 e. The molecule has 0 radical (unpaired) electrons. The molecule has 2 aromatic rings. The fraction of sp³-hybridized carbons (Fsp3) is 0.267. The zero-order chi connectivity index (χ0) is 14.0. The van der Waals surface area contributed by atoms with E-state index >= 15 is 0 Å². The highest BCUT2D eigenvalue weighted by molar-refractivity contribution is 5.51. The topological polar surface area (TPSA) is 40.8 Å². The van der Waals surface area contributed by atoms with Gasteiger partial charge in [-0.05, 0) is 43.2 Å². The van der Waals surface area contributed by atoms with Gasteiger partial charge in [0.1, 0.15) is 17.6 Å². The van der Waals surface area contributed by atoms with Crippen molar-refractivity contribution in [2.75, 3.05) is 5.32 Å². The van der Waals surface area contributed by atoms with Crippen LogP contribution in [-0.4, -0.2) is 4.57 Å². The van der Waals surface area contributed by atoms with E-state index in [1.807, 2.05) is 31.5 Å². The Bertz CT molecular complexity index is 650. The van der Waals surface area contributed by atoms with Crippen molar-refractivity contribution >= 4 is 5.69 Å². The Morgan fingerprint density at radius 2 is 2.05 bits per heavy atom. The molecule has 4 heteroatoms. The SMILES string of the molecule is Cc1ccc(F)cc1NCc1cc(C#N)n(C)c1C. The summed E-state index contributed by atoms with van der Waals surface area (Å²) in [6.45, 7) is 4.47. The Morgan fingerprint density at radius 1 is 1.32 bits per heavy atom. The second-order valence-electron chi connectivity index (χ2n) is 4.62. The van der Waals surface area contributed by atoms with Gasteiger partial charge in [0.15, 0.2) is 0 Å². The van der Waals surface area contributed by atoms with Gasteiger partial charge in [0, 0.05) is 25.0 Å². The number of rotatable bonds is 3. The van der Waals surface area contributed by atoms with Crippen molar-refractivity contribution < 1.29 is 4.39 Å². The van der Waals surface area contributed by atoms with Gasteiger partial charge in [-0.3, -0.25) is 0 Å². The number of hydrogen-bond acceptors (Lipinski definition) is 2. The predicted molar refractivity (Wildman–Crippen MR) is 73.3 cm³/mol. The molecule has 1 heterocycles. The highest BCUT2D eigenvalue weighted by Gasteiger charge is 2.09. The van der Waals surface area contributed by atoms with Crippen LogP contribution < -0.4 is 5.32 Å². The molecular formula is C15H16FN3. The maximum absolute atomic E-state index is 13.2. The quantitative estimate of drug-likeness (QED) is 0.916. The van der Waals surface area contributed by atoms with E-state index in [-0.39, 0.29) is 5.82 Å². The number of benzene rings is 1. The predicted octanol–water partition coefficient (Wildman–Crippen LogP) is 3.26. The standard InChI is InChI=1S/C15H16FN3/c1-10-4-5-13(16)7-15(10)18-9-12-6-14(8-17)19(3)11(12)2/h4-7,18H,9H2,1-3H3. The van der Waals surface area contributed by atoms with E-state index in [1.165, 1.54) is 12.1 Å². The zero-order valence-corrected chi connectivity index (χ0v) is 11.3. The fourth-order valence-corrected chi connectivity index (χ4v) is 2.02. The monoisotopic (exact) mass is 257 g/mol. The van der Waals surface area contributed by atoms with Crippen LogP contribution in [0.5, 0.6) is 0 Å². The van der Waals surface area contributed by atoms with Gasteiger partial charge in [-0.1, -0.05) is 6.07 Å². The maximum atomic E-state index is 13.2. The molecular weight excluding hydrogens is 241 g/mol. The molecule has 19 heavy (non-hydrogen) atoms. The van der Waals surface area contributed by atoms with Crippen molar-refractivity contribution in [3.05, 3.63) is 52.6 Å². The van der Waals surface area contributed by atoms with Crippen LogP contribution in [0.1, 0.15) is 22.5 Å². The molecule has 0 unspecified atom stereocenters. The first-order valence-corrected chi connectivity index (χ1v) is 6.08. The first kappa shape index (κ1) is 13.2. The first-order valence-electron chi connectivity index (χ1n) is 6.08. The summed E-state index contributed by atoms with van der Waals surface area (Å²) >= 11 is 0. The minimum atomic E-state index is -0.254. The van der Waals surface area contributed by atoms with E-state index in [9.17, 15) is 4.39 Å². The molecule has 0 fully saturated rings. The Kier molecular flexibility index (Phi) is 3.57. The number of anilines is 1. The molecule has 3 nitrogen and oxygen atoms in total. The summed E-state index contributed by atoms with van der Waals surface area (Å²) in [6, 6.07) is 8.69. The van der Waals surface area contributed by atoms with Crippen molar-refractivity contribution in [3.8, 4) is 6.07 Å². The van der Waals surface area contributed by atoms with Gasteiger partial charge >= 0.3 is 0 Å². The van der Waals surface area contributed by atoms with Crippen LogP contribution in [0.25, 0.3) is 0 Å². The normalized spacial score (nSPS) is 10.3. The summed E-state index contributed by atoms with van der Waals surface area (Å²) in [5, 5.41) is 12.2. The molecule has 1 aromatic carbocycles.